The zero-order chi connectivity index (χ0) is 7.68. The molecule has 12 heavy (non-hydrogen) atoms. The molecule has 2 nitrogen and oxygen atoms in total. The normalized spacial score (nSPS) is 35.8. The average molecular weight is 192 g/mol. The zero-order valence-electron chi connectivity index (χ0n) is 7.37. The molecule has 1 heterocycles. The van der Waals surface area contributed by atoms with Crippen molar-refractivity contribution in [2.24, 2.45) is 23.5 Å². The van der Waals surface area contributed by atoms with Gasteiger partial charge < -0.3 is 10.5 Å². The molecule has 2 unspecified atom stereocenters. The Morgan fingerprint density at radius 2 is 1.92 bits per heavy atom. The highest BCUT2D eigenvalue weighted by atomic mass is 35.5. The van der Waals surface area contributed by atoms with Gasteiger partial charge >= 0.3 is 0 Å². The van der Waals surface area contributed by atoms with Crippen LogP contribution in [0.5, 0.6) is 0 Å². The summed E-state index contributed by atoms with van der Waals surface area (Å²) in [6, 6.07) is 0. The van der Waals surface area contributed by atoms with Crippen molar-refractivity contribution in [1.82, 2.24) is 0 Å². The molecule has 2 N–H and O–H groups in total. The van der Waals surface area contributed by atoms with Crippen LogP contribution in [0.1, 0.15) is 19.3 Å². The molecule has 3 heteroatoms. The second-order valence-electron chi connectivity index (χ2n) is 3.85. The fourth-order valence-corrected chi connectivity index (χ4v) is 2.26. The Morgan fingerprint density at radius 1 is 1.25 bits per heavy atom. The first kappa shape index (κ1) is 10.3. The smallest absolute Gasteiger partial charge is 0.0468 e. The van der Waals surface area contributed by atoms with Crippen LogP contribution < -0.4 is 5.73 Å². The summed E-state index contributed by atoms with van der Waals surface area (Å²) >= 11 is 0. The van der Waals surface area contributed by atoms with Gasteiger partial charge in [0.2, 0.25) is 0 Å². The predicted molar refractivity (Wildman–Crippen MR) is 51.4 cm³/mol. The van der Waals surface area contributed by atoms with Crippen molar-refractivity contribution in [3.8, 4) is 0 Å². The maximum Gasteiger partial charge on any atom is 0.0468 e. The zero-order valence-corrected chi connectivity index (χ0v) is 8.19. The highest BCUT2D eigenvalue weighted by Crippen LogP contribution is 2.46. The van der Waals surface area contributed by atoms with E-state index in [1.807, 2.05) is 0 Å². The summed E-state index contributed by atoms with van der Waals surface area (Å²) in [6.07, 6.45) is 3.95. The Labute approximate surface area is 80.3 Å². The fraction of sp³-hybridized carbons (Fsp3) is 1.00. The first-order valence-electron chi connectivity index (χ1n) is 4.69. The predicted octanol–water partition coefficient (Wildman–Crippen LogP) is 1.43. The van der Waals surface area contributed by atoms with Gasteiger partial charge in [-0.25, -0.2) is 0 Å². The van der Waals surface area contributed by atoms with Crippen LogP contribution in [0.15, 0.2) is 0 Å². The van der Waals surface area contributed by atoms with E-state index in [0.717, 1.165) is 37.5 Å². The van der Waals surface area contributed by atoms with Gasteiger partial charge in [-0.2, -0.15) is 0 Å². The summed E-state index contributed by atoms with van der Waals surface area (Å²) in [5, 5.41) is 0. The maximum atomic E-state index is 5.60. The topological polar surface area (TPSA) is 35.2 Å². The van der Waals surface area contributed by atoms with Crippen molar-refractivity contribution in [2.45, 2.75) is 19.3 Å². The van der Waals surface area contributed by atoms with Gasteiger partial charge in [0.25, 0.3) is 0 Å². The molecule has 0 aromatic heterocycles. The van der Waals surface area contributed by atoms with Crippen LogP contribution in [0.25, 0.3) is 0 Å². The Morgan fingerprint density at radius 3 is 2.42 bits per heavy atom. The summed E-state index contributed by atoms with van der Waals surface area (Å²) in [5.74, 6) is 2.76. The Kier molecular flexibility index (Phi) is 3.81. The lowest BCUT2D eigenvalue weighted by Gasteiger charge is -2.21. The Bertz CT molecular complexity index is 136. The summed E-state index contributed by atoms with van der Waals surface area (Å²) < 4.78 is 5.32. The summed E-state index contributed by atoms with van der Waals surface area (Å²) in [6.45, 7) is 2.87. The molecule has 0 aromatic carbocycles. The molecule has 0 amide bonds. The molecule has 2 aliphatic rings. The number of halogens is 1. The van der Waals surface area contributed by atoms with E-state index >= 15 is 0 Å². The maximum absolute atomic E-state index is 5.60. The van der Waals surface area contributed by atoms with E-state index in [0.29, 0.717) is 0 Å². The molecule has 2 atom stereocenters. The highest BCUT2D eigenvalue weighted by molar-refractivity contribution is 5.85. The van der Waals surface area contributed by atoms with E-state index in [4.69, 9.17) is 10.5 Å². The second kappa shape index (κ2) is 4.45. The number of hydrogen-bond donors (Lipinski definition) is 1. The van der Waals surface area contributed by atoms with Crippen molar-refractivity contribution in [2.75, 3.05) is 19.8 Å². The molecular formula is C9H18ClNO. The fourth-order valence-electron chi connectivity index (χ4n) is 2.26. The molecule has 1 saturated heterocycles. The minimum absolute atomic E-state index is 0. The van der Waals surface area contributed by atoms with Gasteiger partial charge in [0.05, 0.1) is 0 Å². The molecule has 72 valence electrons. The lowest BCUT2D eigenvalue weighted by Crippen LogP contribution is -2.19. The summed E-state index contributed by atoms with van der Waals surface area (Å²) in [7, 11) is 0. The molecule has 1 saturated carbocycles. The molecule has 1 aliphatic carbocycles. The van der Waals surface area contributed by atoms with Crippen molar-refractivity contribution in [3.05, 3.63) is 0 Å². The molecule has 1 aliphatic heterocycles. The average Bonchev–Trinajstić information content (AvgIpc) is 2.85. The third-order valence-electron chi connectivity index (χ3n) is 3.15. The lowest BCUT2D eigenvalue weighted by atomic mass is 9.94. The standard InChI is InChI=1S/C9H17NO.ClH/c10-6-8-5-9(8)7-1-3-11-4-2-7;/h7-9H,1-6,10H2;1H. The van der Waals surface area contributed by atoms with Crippen LogP contribution in [-0.4, -0.2) is 19.8 Å². The van der Waals surface area contributed by atoms with Crippen LogP contribution in [0, 0.1) is 17.8 Å². The SMILES string of the molecule is Cl.NCC1CC1C1CCOCC1. The van der Waals surface area contributed by atoms with Crippen molar-refractivity contribution in [3.63, 3.8) is 0 Å². The van der Waals surface area contributed by atoms with Crippen molar-refractivity contribution < 1.29 is 4.74 Å². The van der Waals surface area contributed by atoms with Crippen molar-refractivity contribution >= 4 is 12.4 Å². The van der Waals surface area contributed by atoms with E-state index < -0.39 is 0 Å². The molecule has 0 spiro atoms. The van der Waals surface area contributed by atoms with Gasteiger partial charge in [0.15, 0.2) is 0 Å². The van der Waals surface area contributed by atoms with E-state index in [-0.39, 0.29) is 12.4 Å². The van der Waals surface area contributed by atoms with Crippen LogP contribution in [-0.2, 0) is 4.74 Å². The molecule has 2 rings (SSSR count). The summed E-state index contributed by atoms with van der Waals surface area (Å²) in [4.78, 5) is 0. The van der Waals surface area contributed by atoms with Gasteiger partial charge in [-0.15, -0.1) is 12.4 Å². The first-order chi connectivity index (χ1) is 5.42. The minimum atomic E-state index is 0. The molecule has 0 bridgehead atoms. The number of ether oxygens (including phenoxy) is 1. The van der Waals surface area contributed by atoms with Crippen LogP contribution >= 0.6 is 12.4 Å². The monoisotopic (exact) mass is 191 g/mol. The first-order valence-corrected chi connectivity index (χ1v) is 4.69. The molecule has 0 radical (unpaired) electrons. The second-order valence-corrected chi connectivity index (χ2v) is 3.85. The summed E-state index contributed by atoms with van der Waals surface area (Å²) in [5.41, 5.74) is 5.60. The molecule has 2 fully saturated rings. The van der Waals surface area contributed by atoms with Gasteiger partial charge in [-0.05, 0) is 43.6 Å². The van der Waals surface area contributed by atoms with E-state index in [1.54, 1.807) is 0 Å². The molecular weight excluding hydrogens is 174 g/mol. The highest BCUT2D eigenvalue weighted by Gasteiger charge is 2.41. The van der Waals surface area contributed by atoms with Crippen molar-refractivity contribution in [1.29, 1.82) is 0 Å². The lowest BCUT2D eigenvalue weighted by molar-refractivity contribution is 0.0583. The van der Waals surface area contributed by atoms with Crippen LogP contribution in [0.4, 0.5) is 0 Å². The largest absolute Gasteiger partial charge is 0.381 e. The molecule has 0 aromatic rings. The van der Waals surface area contributed by atoms with Crippen LogP contribution in [0.3, 0.4) is 0 Å². The van der Waals surface area contributed by atoms with Gasteiger partial charge in [-0.3, -0.25) is 0 Å². The van der Waals surface area contributed by atoms with Gasteiger partial charge in [0.1, 0.15) is 0 Å². The third-order valence-corrected chi connectivity index (χ3v) is 3.15. The van der Waals surface area contributed by atoms with Gasteiger partial charge in [-0.1, -0.05) is 0 Å². The number of nitrogens with two attached hydrogens (primary N) is 1. The van der Waals surface area contributed by atoms with Gasteiger partial charge in [0, 0.05) is 13.2 Å². The van der Waals surface area contributed by atoms with E-state index in [9.17, 15) is 0 Å². The third kappa shape index (κ3) is 2.12. The Hall–Kier alpha value is 0.210. The quantitative estimate of drug-likeness (QED) is 0.717. The Balaban J connectivity index is 0.000000720. The van der Waals surface area contributed by atoms with Crippen LogP contribution in [0.2, 0.25) is 0 Å². The number of hydrogen-bond acceptors (Lipinski definition) is 2. The minimum Gasteiger partial charge on any atom is -0.381 e. The number of rotatable bonds is 2. The van der Waals surface area contributed by atoms with E-state index in [2.05, 4.69) is 0 Å². The van der Waals surface area contributed by atoms with E-state index in [1.165, 1.54) is 19.3 Å².